The number of ketones is 1. The minimum atomic E-state index is -4.06. The van der Waals surface area contributed by atoms with Gasteiger partial charge in [0.25, 0.3) is 21.9 Å². The number of carbonyl (C=O) groups excluding carboxylic acids is 4. The first-order valence-corrected chi connectivity index (χ1v) is 31.5. The fraction of sp³-hybridized carbons (Fsp3) is 0.435. The van der Waals surface area contributed by atoms with Crippen molar-refractivity contribution in [3.63, 3.8) is 0 Å². The zero-order chi connectivity index (χ0) is 57.6. The highest BCUT2D eigenvalue weighted by Crippen LogP contribution is 2.44. The summed E-state index contributed by atoms with van der Waals surface area (Å²) in [7, 11) is 5.62. The summed E-state index contributed by atoms with van der Waals surface area (Å²) >= 11 is 0. The zero-order valence-corrected chi connectivity index (χ0v) is 50.1. The molecule has 4 aliphatic heterocycles. The number of carbonyl (C=O) groups is 4. The number of nitrogens with zero attached hydrogens (tertiary/aromatic N) is 5. The molecule has 16 nitrogen and oxygen atoms in total. The second kappa shape index (κ2) is 25.7. The van der Waals surface area contributed by atoms with Crippen LogP contribution >= 0.6 is 21.6 Å². The smallest absolute Gasteiger partial charge is 0.277 e. The van der Waals surface area contributed by atoms with Gasteiger partial charge in [-0.3, -0.25) is 28.4 Å². The molecule has 5 aromatic carbocycles. The Hall–Kier alpha value is -6.54. The van der Waals surface area contributed by atoms with E-state index >= 15 is 0 Å². The monoisotopic (exact) mass is 1160 g/mol. The summed E-state index contributed by atoms with van der Waals surface area (Å²) in [5.74, 6) is 1.24. The molecule has 0 fully saturated rings. The molecule has 0 saturated heterocycles. The SMILES string of the molecule is CC=NCCCCCC(=O)C(CCSSC(C)(C)CCC(=O)Nc1cc(COc2cc3c(cc2C)C(=O)N2c4ccccc4C[C@H]2CN3C)cc(COc2cc3c(cc2OC)C(=O)N2c4ccccc4C[C@H]2CN3C)c1)S(=O)(=O)OC. The molecule has 9 rings (SSSR count). The Bertz CT molecular complexity index is 3320. The van der Waals surface area contributed by atoms with E-state index in [0.717, 1.165) is 77.8 Å². The van der Waals surface area contributed by atoms with Gasteiger partial charge in [0.05, 0.1) is 48.8 Å². The predicted molar refractivity (Wildman–Crippen MR) is 326 cm³/mol. The maximum absolute atomic E-state index is 14.3. The maximum atomic E-state index is 14.3. The van der Waals surface area contributed by atoms with Crippen molar-refractivity contribution in [1.29, 1.82) is 0 Å². The lowest BCUT2D eigenvalue weighted by Crippen LogP contribution is -2.41. The van der Waals surface area contributed by atoms with E-state index in [-0.39, 0.29) is 72.8 Å². The Morgan fingerprint density at radius 1 is 0.753 bits per heavy atom. The van der Waals surface area contributed by atoms with E-state index in [1.165, 1.54) is 16.4 Å². The number of methoxy groups -OCH3 is 1. The van der Waals surface area contributed by atoms with Crippen LogP contribution in [0.5, 0.6) is 17.2 Å². The van der Waals surface area contributed by atoms with Crippen LogP contribution in [0.1, 0.15) is 114 Å². The van der Waals surface area contributed by atoms with Crippen molar-refractivity contribution in [2.45, 2.75) is 121 Å². The summed E-state index contributed by atoms with van der Waals surface area (Å²) in [5, 5.41) is 1.89. The van der Waals surface area contributed by atoms with Crippen LogP contribution in [-0.2, 0) is 49.9 Å². The molecule has 0 spiro atoms. The second-order valence-corrected chi connectivity index (χ2v) is 27.0. The molecule has 0 saturated carbocycles. The van der Waals surface area contributed by atoms with Gasteiger partial charge in [0, 0.05) is 86.3 Å². The summed E-state index contributed by atoms with van der Waals surface area (Å²) < 4.78 is 49.2. The van der Waals surface area contributed by atoms with Gasteiger partial charge in [-0.15, -0.1) is 0 Å². The maximum Gasteiger partial charge on any atom is 0.277 e. The van der Waals surface area contributed by atoms with E-state index < -0.39 is 15.4 Å². The van der Waals surface area contributed by atoms with Gasteiger partial charge in [0.2, 0.25) is 5.91 Å². The van der Waals surface area contributed by atoms with Gasteiger partial charge < -0.3 is 39.1 Å². The number of anilines is 5. The average Bonchev–Trinajstić information content (AvgIpc) is 4.20. The topological polar surface area (TPSA) is 177 Å². The molecule has 430 valence electrons. The normalized spacial score (nSPS) is 16.9. The van der Waals surface area contributed by atoms with Crippen molar-refractivity contribution < 1.29 is 46.0 Å². The fourth-order valence-corrected chi connectivity index (χ4v) is 15.3. The Kier molecular flexibility index (Phi) is 18.8. The zero-order valence-electron chi connectivity index (χ0n) is 47.6. The van der Waals surface area contributed by atoms with Gasteiger partial charge in [-0.05, 0) is 143 Å². The van der Waals surface area contributed by atoms with Gasteiger partial charge in [0.1, 0.15) is 24.2 Å². The highest BCUT2D eigenvalue weighted by molar-refractivity contribution is 8.77. The number of unbranched alkanes of at least 4 members (excludes halogenated alkanes) is 2. The molecule has 4 heterocycles. The van der Waals surface area contributed by atoms with Crippen molar-refractivity contribution in [2.24, 2.45) is 4.99 Å². The Morgan fingerprint density at radius 3 is 1.93 bits per heavy atom. The van der Waals surface area contributed by atoms with Gasteiger partial charge in [-0.25, -0.2) is 0 Å². The number of benzene rings is 5. The van der Waals surface area contributed by atoms with E-state index in [2.05, 4.69) is 32.2 Å². The molecule has 1 unspecified atom stereocenters. The highest BCUT2D eigenvalue weighted by Gasteiger charge is 2.41. The lowest BCUT2D eigenvalue weighted by molar-refractivity contribution is -0.119. The third-order valence-electron chi connectivity index (χ3n) is 15.6. The van der Waals surface area contributed by atoms with Crippen LogP contribution in [0.25, 0.3) is 0 Å². The number of para-hydroxylation sites is 2. The lowest BCUT2D eigenvalue weighted by atomic mass is 10.1. The molecule has 0 aromatic heterocycles. The van der Waals surface area contributed by atoms with Gasteiger partial charge >= 0.3 is 0 Å². The number of aryl methyl sites for hydroxylation is 1. The third-order valence-corrected chi connectivity index (χ3v) is 20.6. The molecular formula is C62H74N6O10S3. The Morgan fingerprint density at radius 2 is 1.33 bits per heavy atom. The van der Waals surface area contributed by atoms with Gasteiger partial charge in [-0.1, -0.05) is 64.4 Å². The van der Waals surface area contributed by atoms with Crippen molar-refractivity contribution in [2.75, 3.05) is 78.6 Å². The molecule has 3 atom stereocenters. The number of nitrogens with one attached hydrogen (secondary N) is 1. The van der Waals surface area contributed by atoms with Crippen molar-refractivity contribution in [3.05, 3.63) is 130 Å². The Balaban J connectivity index is 0.897. The second-order valence-electron chi connectivity index (χ2n) is 21.9. The number of fused-ring (bicyclic) bond motifs is 8. The minimum absolute atomic E-state index is 0.00594. The lowest BCUT2D eigenvalue weighted by Gasteiger charge is -2.25. The molecule has 19 heteroatoms. The van der Waals surface area contributed by atoms with Crippen LogP contribution in [-0.4, -0.2) is 114 Å². The van der Waals surface area contributed by atoms with Crippen molar-refractivity contribution >= 4 is 89.9 Å². The largest absolute Gasteiger partial charge is 0.493 e. The molecular weight excluding hydrogens is 1080 g/mol. The third kappa shape index (κ3) is 13.5. The summed E-state index contributed by atoms with van der Waals surface area (Å²) in [4.78, 5) is 67.9. The van der Waals surface area contributed by atoms with E-state index in [0.29, 0.717) is 72.3 Å². The quantitative estimate of drug-likeness (QED) is 0.0253. The number of hydrogen-bond donors (Lipinski definition) is 1. The summed E-state index contributed by atoms with van der Waals surface area (Å²) in [6.07, 6.45) is 6.50. The molecule has 0 aliphatic carbocycles. The molecule has 4 aliphatic rings. The first kappa shape index (κ1) is 59.1. The van der Waals surface area contributed by atoms with Crippen molar-refractivity contribution in [1.82, 2.24) is 0 Å². The molecule has 0 radical (unpaired) electrons. The fourth-order valence-electron chi connectivity index (χ4n) is 11.4. The number of Topliss-reactive ketones (excluding diaryl/α,β-unsaturated/α-hetero) is 1. The van der Waals surface area contributed by atoms with E-state index in [1.807, 2.05) is 124 Å². The van der Waals surface area contributed by atoms with Gasteiger partial charge in [0.15, 0.2) is 17.3 Å². The number of rotatable bonds is 25. The molecule has 0 bridgehead atoms. The number of hydrogen-bond acceptors (Lipinski definition) is 15. The number of aliphatic imine (C=N–C) groups is 1. The van der Waals surface area contributed by atoms with Crippen LogP contribution in [0.2, 0.25) is 0 Å². The van der Waals surface area contributed by atoms with Crippen LogP contribution in [0.15, 0.2) is 96.0 Å². The molecule has 1 N–H and O–H groups in total. The minimum Gasteiger partial charge on any atom is -0.493 e. The highest BCUT2D eigenvalue weighted by atomic mass is 33.1. The van der Waals surface area contributed by atoms with E-state index in [4.69, 9.17) is 18.4 Å². The van der Waals surface area contributed by atoms with E-state index in [9.17, 15) is 27.6 Å². The van der Waals surface area contributed by atoms with Crippen LogP contribution < -0.4 is 39.1 Å². The summed E-state index contributed by atoms with van der Waals surface area (Å²) in [6, 6.07) is 29.4. The first-order valence-electron chi connectivity index (χ1n) is 27.8. The molecule has 3 amide bonds. The summed E-state index contributed by atoms with van der Waals surface area (Å²) in [6.45, 7) is 10.1. The van der Waals surface area contributed by atoms with Crippen LogP contribution in [0.4, 0.5) is 28.4 Å². The summed E-state index contributed by atoms with van der Waals surface area (Å²) in [5.41, 5.74) is 9.75. The van der Waals surface area contributed by atoms with E-state index in [1.54, 1.807) is 30.2 Å². The molecule has 81 heavy (non-hydrogen) atoms. The standard InChI is InChI=1S/C62H74N6O10S3/c1-9-63-25-16-10-11-21-54(69)58(81(73,74)76-8)23-26-79-80-62(3,4)24-22-59(70)64-45-29-41(38-77-55-34-52-48(27-40(55)2)60(71)67-46(36-65(52)5)31-43-17-12-14-19-50(43)67)28-42(30-45)39-78-57-35-53-49(33-56(57)75-7)61(72)68-47(37-66(53)6)32-44-18-13-15-20-51(44)68/h9,12-15,17-20,27-30,33-35,46-47,58H,10-11,16,21-26,31-32,36-39H2,1-8H3,(H,64,70)/t46-,47-,58?/m0/s1. The molecule has 5 aromatic rings. The predicted octanol–water partition coefficient (Wildman–Crippen LogP) is 11.0. The number of ether oxygens (including phenoxy) is 3. The number of amides is 3. The Labute approximate surface area is 484 Å². The van der Waals surface area contributed by atoms with Crippen molar-refractivity contribution in [3.8, 4) is 17.2 Å². The van der Waals surface area contributed by atoms with Gasteiger partial charge in [-0.2, -0.15) is 8.42 Å². The average molecular weight is 1160 g/mol. The van der Waals surface area contributed by atoms with Crippen LogP contribution in [0.3, 0.4) is 0 Å². The number of likely N-dealkylation sites (N-methyl/N-ethyl adjacent to an activating group) is 2. The first-order chi connectivity index (χ1) is 38.9. The van der Waals surface area contributed by atoms with Crippen LogP contribution in [0, 0.1) is 6.92 Å².